The summed E-state index contributed by atoms with van der Waals surface area (Å²) in [5, 5.41) is 7.02. The summed E-state index contributed by atoms with van der Waals surface area (Å²) in [6.45, 7) is 1.81. The van der Waals surface area contributed by atoms with Crippen LogP contribution in [0.2, 0.25) is 0 Å². The maximum Gasteiger partial charge on any atom is 0.291 e. The average molecular weight is 387 g/mol. The van der Waals surface area contributed by atoms with E-state index in [1.807, 2.05) is 37.3 Å². The van der Waals surface area contributed by atoms with Crippen molar-refractivity contribution in [3.63, 3.8) is 0 Å². The van der Waals surface area contributed by atoms with Gasteiger partial charge < -0.3 is 9.73 Å². The van der Waals surface area contributed by atoms with Crippen LogP contribution in [0.25, 0.3) is 0 Å². The number of nitrogens with one attached hydrogen (secondary N) is 2. The van der Waals surface area contributed by atoms with E-state index < -0.39 is 0 Å². The van der Waals surface area contributed by atoms with Crippen LogP contribution in [0.4, 0.5) is 5.69 Å². The maximum absolute atomic E-state index is 12.4. The van der Waals surface area contributed by atoms with Gasteiger partial charge in [0.2, 0.25) is 5.91 Å². The second-order valence-corrected chi connectivity index (χ2v) is 7.04. The number of anilines is 1. The molecule has 6 heteroatoms. The molecule has 2 N–H and O–H groups in total. The minimum atomic E-state index is -0.323. The van der Waals surface area contributed by atoms with Gasteiger partial charge in [0.25, 0.3) is 5.91 Å². The van der Waals surface area contributed by atoms with E-state index in [9.17, 15) is 9.59 Å². The SMILES string of the molecule is C/C(=N\NC(=O)C1CC1c1ccccc1)c1cccc(NC(=O)c2ccco2)c1. The average Bonchev–Trinajstić information content (AvgIpc) is 3.36. The molecule has 1 heterocycles. The number of carbonyl (C=O) groups excluding carboxylic acids is 2. The molecule has 0 radical (unpaired) electrons. The molecule has 146 valence electrons. The van der Waals surface area contributed by atoms with Crippen LogP contribution in [0.15, 0.2) is 82.5 Å². The zero-order valence-corrected chi connectivity index (χ0v) is 16.0. The lowest BCUT2D eigenvalue weighted by Crippen LogP contribution is -2.21. The van der Waals surface area contributed by atoms with Crippen molar-refractivity contribution < 1.29 is 14.0 Å². The first kappa shape index (κ1) is 18.7. The van der Waals surface area contributed by atoms with Crippen LogP contribution in [0.3, 0.4) is 0 Å². The molecular weight excluding hydrogens is 366 g/mol. The summed E-state index contributed by atoms with van der Waals surface area (Å²) in [6, 6.07) is 20.6. The Hall–Kier alpha value is -3.67. The molecule has 29 heavy (non-hydrogen) atoms. The van der Waals surface area contributed by atoms with Gasteiger partial charge in [0, 0.05) is 11.6 Å². The predicted octanol–water partition coefficient (Wildman–Crippen LogP) is 4.18. The Kier molecular flexibility index (Phi) is 5.24. The molecule has 1 fully saturated rings. The fraction of sp³-hybridized carbons (Fsp3) is 0.174. The number of nitrogens with zero attached hydrogens (tertiary/aromatic N) is 1. The molecule has 2 amide bonds. The predicted molar refractivity (Wildman–Crippen MR) is 111 cm³/mol. The van der Waals surface area contributed by atoms with Gasteiger partial charge in [-0.05, 0) is 54.7 Å². The number of hydrogen-bond acceptors (Lipinski definition) is 4. The highest BCUT2D eigenvalue weighted by Crippen LogP contribution is 2.47. The standard InChI is InChI=1S/C23H21N3O3/c1-15(25-26-22(27)20-14-19(20)16-7-3-2-4-8-16)17-9-5-10-18(13-17)24-23(28)21-11-6-12-29-21/h2-13,19-20H,14H2,1H3,(H,24,28)(H,26,27)/b25-15+. The van der Waals surface area contributed by atoms with E-state index in [1.54, 1.807) is 24.3 Å². The lowest BCUT2D eigenvalue weighted by molar-refractivity contribution is -0.122. The van der Waals surface area contributed by atoms with E-state index in [-0.39, 0.29) is 29.4 Å². The lowest BCUT2D eigenvalue weighted by atomic mass is 10.1. The van der Waals surface area contributed by atoms with Gasteiger partial charge in [0.15, 0.2) is 5.76 Å². The topological polar surface area (TPSA) is 83.7 Å². The highest BCUT2D eigenvalue weighted by atomic mass is 16.3. The van der Waals surface area contributed by atoms with E-state index in [0.717, 1.165) is 12.0 Å². The smallest absolute Gasteiger partial charge is 0.291 e. The van der Waals surface area contributed by atoms with Crippen LogP contribution in [-0.2, 0) is 4.79 Å². The molecule has 1 aromatic heterocycles. The number of hydrogen-bond donors (Lipinski definition) is 2. The van der Waals surface area contributed by atoms with Crippen LogP contribution in [-0.4, -0.2) is 17.5 Å². The zero-order chi connectivity index (χ0) is 20.2. The van der Waals surface area contributed by atoms with E-state index >= 15 is 0 Å². The van der Waals surface area contributed by atoms with E-state index in [0.29, 0.717) is 11.4 Å². The Morgan fingerprint density at radius 3 is 2.62 bits per heavy atom. The van der Waals surface area contributed by atoms with Gasteiger partial charge in [-0.2, -0.15) is 5.10 Å². The van der Waals surface area contributed by atoms with Gasteiger partial charge in [0.05, 0.1) is 12.0 Å². The quantitative estimate of drug-likeness (QED) is 0.492. The van der Waals surface area contributed by atoms with Crippen molar-refractivity contribution in [1.82, 2.24) is 5.43 Å². The summed E-state index contributed by atoms with van der Waals surface area (Å²) in [4.78, 5) is 24.5. The molecule has 0 bridgehead atoms. The van der Waals surface area contributed by atoms with Gasteiger partial charge in [0.1, 0.15) is 0 Å². The second kappa shape index (κ2) is 8.14. The Balaban J connectivity index is 1.37. The molecule has 3 aromatic rings. The first-order chi connectivity index (χ1) is 14.1. The second-order valence-electron chi connectivity index (χ2n) is 7.04. The number of amides is 2. The molecule has 0 spiro atoms. The molecule has 0 saturated heterocycles. The van der Waals surface area contributed by atoms with Gasteiger partial charge >= 0.3 is 0 Å². The number of carbonyl (C=O) groups is 2. The van der Waals surface area contributed by atoms with Gasteiger partial charge in [-0.3, -0.25) is 9.59 Å². The summed E-state index contributed by atoms with van der Waals surface area (Å²) in [6.07, 6.45) is 2.30. The zero-order valence-electron chi connectivity index (χ0n) is 16.0. The molecule has 6 nitrogen and oxygen atoms in total. The highest BCUT2D eigenvalue weighted by Gasteiger charge is 2.43. The third-order valence-corrected chi connectivity index (χ3v) is 4.97. The fourth-order valence-corrected chi connectivity index (χ4v) is 3.26. The summed E-state index contributed by atoms with van der Waals surface area (Å²) in [7, 11) is 0. The Morgan fingerprint density at radius 2 is 1.86 bits per heavy atom. The molecular formula is C23H21N3O3. The van der Waals surface area contributed by atoms with Crippen molar-refractivity contribution in [1.29, 1.82) is 0 Å². The summed E-state index contributed by atoms with van der Waals surface area (Å²) < 4.78 is 5.10. The van der Waals surface area contributed by atoms with Crippen LogP contribution >= 0.6 is 0 Å². The molecule has 2 aromatic carbocycles. The number of hydrazone groups is 1. The Morgan fingerprint density at radius 1 is 1.03 bits per heavy atom. The fourth-order valence-electron chi connectivity index (χ4n) is 3.26. The van der Waals surface area contributed by atoms with E-state index in [4.69, 9.17) is 4.42 Å². The number of furan rings is 1. The molecule has 2 unspecified atom stereocenters. The first-order valence-corrected chi connectivity index (χ1v) is 9.46. The minimum absolute atomic E-state index is 0.0344. The largest absolute Gasteiger partial charge is 0.459 e. The van der Waals surface area contributed by atoms with E-state index in [1.165, 1.54) is 11.8 Å². The van der Waals surface area contributed by atoms with Gasteiger partial charge in [-0.15, -0.1) is 0 Å². The third-order valence-electron chi connectivity index (χ3n) is 4.97. The van der Waals surface area contributed by atoms with Crippen molar-refractivity contribution in [2.75, 3.05) is 5.32 Å². The first-order valence-electron chi connectivity index (χ1n) is 9.46. The van der Waals surface area contributed by atoms with E-state index in [2.05, 4.69) is 28.0 Å². The third kappa shape index (κ3) is 4.43. The van der Waals surface area contributed by atoms with Crippen molar-refractivity contribution in [2.45, 2.75) is 19.3 Å². The molecule has 1 aliphatic rings. The van der Waals surface area contributed by atoms with Crippen molar-refractivity contribution in [3.05, 3.63) is 89.9 Å². The van der Waals surface area contributed by atoms with Crippen molar-refractivity contribution >= 4 is 23.2 Å². The normalized spacial score (nSPS) is 18.2. The summed E-state index contributed by atoms with van der Waals surface area (Å²) >= 11 is 0. The van der Waals surface area contributed by atoms with Crippen LogP contribution in [0, 0.1) is 5.92 Å². The number of rotatable bonds is 6. The summed E-state index contributed by atoms with van der Waals surface area (Å²) in [5.41, 5.74) is 5.94. The van der Waals surface area contributed by atoms with Crippen LogP contribution < -0.4 is 10.7 Å². The van der Waals surface area contributed by atoms with Crippen LogP contribution in [0.5, 0.6) is 0 Å². The lowest BCUT2D eigenvalue weighted by Gasteiger charge is -2.07. The molecule has 2 atom stereocenters. The van der Waals surface area contributed by atoms with Gasteiger partial charge in [-0.1, -0.05) is 42.5 Å². The minimum Gasteiger partial charge on any atom is -0.459 e. The molecule has 1 aliphatic carbocycles. The monoisotopic (exact) mass is 387 g/mol. The molecule has 4 rings (SSSR count). The highest BCUT2D eigenvalue weighted by molar-refractivity contribution is 6.04. The Bertz CT molecular complexity index is 1040. The van der Waals surface area contributed by atoms with Crippen LogP contribution in [0.1, 0.15) is 40.9 Å². The van der Waals surface area contributed by atoms with Crippen molar-refractivity contribution in [2.24, 2.45) is 11.0 Å². The maximum atomic E-state index is 12.4. The number of benzene rings is 2. The molecule has 0 aliphatic heterocycles. The van der Waals surface area contributed by atoms with Crippen molar-refractivity contribution in [3.8, 4) is 0 Å². The molecule has 1 saturated carbocycles. The Labute approximate surface area is 168 Å². The summed E-state index contributed by atoms with van der Waals surface area (Å²) in [5.74, 6) is 0.0846. The van der Waals surface area contributed by atoms with Gasteiger partial charge in [-0.25, -0.2) is 5.43 Å².